The number of fused-ring (bicyclic) bond motifs is 1. The summed E-state index contributed by atoms with van der Waals surface area (Å²) in [5.41, 5.74) is 1.84. The Hall–Kier alpha value is -2.16. The van der Waals surface area contributed by atoms with Crippen molar-refractivity contribution in [1.29, 1.82) is 0 Å². The lowest BCUT2D eigenvalue weighted by atomic mass is 10.1. The highest BCUT2D eigenvalue weighted by Gasteiger charge is 2.32. The molecule has 1 aromatic heterocycles. The van der Waals surface area contributed by atoms with Crippen molar-refractivity contribution in [2.45, 2.75) is 20.4 Å². The van der Waals surface area contributed by atoms with Crippen LogP contribution in [-0.2, 0) is 20.9 Å². The number of carbonyl (C=O) groups is 2. The number of hydrogen-bond acceptors (Lipinski definition) is 5. The van der Waals surface area contributed by atoms with Gasteiger partial charge in [-0.3, -0.25) is 14.5 Å². The van der Waals surface area contributed by atoms with E-state index in [-0.39, 0.29) is 18.4 Å². The molecule has 8 heteroatoms. The Balaban J connectivity index is 1.87. The lowest BCUT2D eigenvalue weighted by Gasteiger charge is -2.16. The van der Waals surface area contributed by atoms with Crippen molar-refractivity contribution in [3.8, 4) is 0 Å². The Morgan fingerprint density at radius 2 is 2.10 bits per heavy atom. The van der Waals surface area contributed by atoms with E-state index >= 15 is 0 Å². The van der Waals surface area contributed by atoms with E-state index in [4.69, 9.17) is 17.0 Å². The summed E-state index contributed by atoms with van der Waals surface area (Å²) >= 11 is 6.73. The van der Waals surface area contributed by atoms with Gasteiger partial charge < -0.3 is 14.6 Å². The fourth-order valence-electron chi connectivity index (χ4n) is 3.19. The van der Waals surface area contributed by atoms with Crippen molar-refractivity contribution in [3.05, 3.63) is 40.9 Å². The number of amides is 2. The molecule has 0 aliphatic carbocycles. The van der Waals surface area contributed by atoms with Crippen LogP contribution in [0.25, 0.3) is 17.0 Å². The molecule has 0 atom stereocenters. The van der Waals surface area contributed by atoms with Crippen LogP contribution in [0.5, 0.6) is 0 Å². The van der Waals surface area contributed by atoms with Crippen LogP contribution in [0.4, 0.5) is 0 Å². The molecule has 1 aromatic carbocycles. The van der Waals surface area contributed by atoms with Crippen molar-refractivity contribution < 1.29 is 14.3 Å². The maximum Gasteiger partial charge on any atom is 0.266 e. The predicted octanol–water partition coefficient (Wildman–Crippen LogP) is 3.26. The van der Waals surface area contributed by atoms with Gasteiger partial charge in [0, 0.05) is 42.9 Å². The highest BCUT2D eigenvalue weighted by Crippen LogP contribution is 2.34. The maximum atomic E-state index is 12.8. The van der Waals surface area contributed by atoms with Gasteiger partial charge in [0.25, 0.3) is 5.91 Å². The number of aromatic nitrogens is 1. The number of thiocarbonyl (C=S) groups is 1. The number of benzene rings is 1. The number of methoxy groups -OCH3 is 1. The molecule has 154 valence electrons. The molecule has 1 fully saturated rings. The fourth-order valence-corrected chi connectivity index (χ4v) is 4.45. The van der Waals surface area contributed by atoms with E-state index in [0.717, 1.165) is 16.5 Å². The van der Waals surface area contributed by atoms with Crippen molar-refractivity contribution in [2.75, 3.05) is 26.8 Å². The molecule has 3 rings (SSSR count). The number of ether oxygens (including phenoxy) is 1. The Morgan fingerprint density at radius 3 is 2.83 bits per heavy atom. The Kier molecular flexibility index (Phi) is 7.10. The highest BCUT2D eigenvalue weighted by molar-refractivity contribution is 8.26. The average molecular weight is 432 g/mol. The number of nitrogens with one attached hydrogen (secondary N) is 1. The van der Waals surface area contributed by atoms with E-state index in [1.165, 1.54) is 11.8 Å². The summed E-state index contributed by atoms with van der Waals surface area (Å²) in [5.74, 6) is 0.204. The normalized spacial score (nSPS) is 15.9. The van der Waals surface area contributed by atoms with E-state index in [9.17, 15) is 9.59 Å². The number of nitrogens with zero attached hydrogens (tertiary/aromatic N) is 2. The van der Waals surface area contributed by atoms with E-state index < -0.39 is 0 Å². The predicted molar refractivity (Wildman–Crippen MR) is 122 cm³/mol. The minimum atomic E-state index is -0.0855. The number of rotatable bonds is 8. The van der Waals surface area contributed by atoms with Gasteiger partial charge in [-0.25, -0.2) is 0 Å². The third-order valence-corrected chi connectivity index (χ3v) is 5.85. The zero-order valence-electron chi connectivity index (χ0n) is 16.8. The van der Waals surface area contributed by atoms with Crippen LogP contribution in [-0.4, -0.2) is 52.4 Å². The number of carbonyl (C=O) groups excluding carboxylic acids is 2. The van der Waals surface area contributed by atoms with Crippen molar-refractivity contribution in [1.82, 2.24) is 14.8 Å². The van der Waals surface area contributed by atoms with Gasteiger partial charge in [-0.05, 0) is 18.1 Å². The quantitative estimate of drug-likeness (QED) is 0.395. The minimum absolute atomic E-state index is 0.0529. The maximum absolute atomic E-state index is 12.8. The molecule has 1 aliphatic heterocycles. The van der Waals surface area contributed by atoms with Gasteiger partial charge in [0.2, 0.25) is 5.91 Å². The first-order valence-electron chi connectivity index (χ1n) is 9.49. The molecule has 6 nitrogen and oxygen atoms in total. The first-order chi connectivity index (χ1) is 13.9. The largest absolute Gasteiger partial charge is 0.383 e. The molecule has 29 heavy (non-hydrogen) atoms. The zero-order chi connectivity index (χ0) is 21.0. The van der Waals surface area contributed by atoms with Crippen LogP contribution in [0.2, 0.25) is 0 Å². The van der Waals surface area contributed by atoms with Crippen LogP contribution in [0, 0.1) is 5.92 Å². The number of thioether (sulfide) groups is 1. The summed E-state index contributed by atoms with van der Waals surface area (Å²) < 4.78 is 7.46. The van der Waals surface area contributed by atoms with Gasteiger partial charge >= 0.3 is 0 Å². The van der Waals surface area contributed by atoms with Gasteiger partial charge in [0.05, 0.1) is 11.5 Å². The second-order valence-corrected chi connectivity index (χ2v) is 8.93. The van der Waals surface area contributed by atoms with E-state index in [1.54, 1.807) is 12.0 Å². The van der Waals surface area contributed by atoms with E-state index in [0.29, 0.717) is 34.8 Å². The first-order valence-corrected chi connectivity index (χ1v) is 10.7. The molecule has 0 unspecified atom stereocenters. The Labute approximate surface area is 180 Å². The summed E-state index contributed by atoms with van der Waals surface area (Å²) in [6.45, 7) is 5.89. The van der Waals surface area contributed by atoms with Crippen molar-refractivity contribution in [2.24, 2.45) is 5.92 Å². The molecule has 1 N–H and O–H groups in total. The molecular formula is C21H25N3O3S2. The van der Waals surface area contributed by atoms with E-state index in [2.05, 4.69) is 19.2 Å². The third kappa shape index (κ3) is 5.07. The second kappa shape index (κ2) is 9.56. The lowest BCUT2D eigenvalue weighted by molar-refractivity contribution is -0.123. The minimum Gasteiger partial charge on any atom is -0.383 e. The SMILES string of the molecule is COCCNC(=O)Cn1cc(/C=C2\SC(=S)N(CC(C)C)C2=O)c2ccccc21. The standard InChI is InChI=1S/C21H25N3O3S2/c1-14(2)11-24-20(26)18(29-21(24)28)10-15-12-23(13-19(25)22-8-9-27-3)17-7-5-4-6-16(15)17/h4-7,10,12,14H,8-9,11,13H2,1-3H3,(H,22,25)/b18-10-. The van der Waals surface area contributed by atoms with Crippen molar-refractivity contribution >= 4 is 57.1 Å². The third-order valence-electron chi connectivity index (χ3n) is 4.47. The molecule has 2 heterocycles. The van der Waals surface area contributed by atoms with Gasteiger partial charge in [0.15, 0.2) is 0 Å². The summed E-state index contributed by atoms with van der Waals surface area (Å²) in [6, 6.07) is 7.86. The molecule has 0 spiro atoms. The number of hydrogen-bond donors (Lipinski definition) is 1. The smallest absolute Gasteiger partial charge is 0.266 e. The average Bonchev–Trinajstić information content (AvgIpc) is 3.14. The molecular weight excluding hydrogens is 406 g/mol. The Bertz CT molecular complexity index is 965. The molecule has 0 saturated carbocycles. The lowest BCUT2D eigenvalue weighted by Crippen LogP contribution is -2.31. The van der Waals surface area contributed by atoms with Crippen LogP contribution in [0.1, 0.15) is 19.4 Å². The number of para-hydroxylation sites is 1. The molecule has 0 radical (unpaired) electrons. The molecule has 0 bridgehead atoms. The van der Waals surface area contributed by atoms with Crippen LogP contribution < -0.4 is 5.32 Å². The summed E-state index contributed by atoms with van der Waals surface area (Å²) in [6.07, 6.45) is 3.79. The molecule has 1 aliphatic rings. The van der Waals surface area contributed by atoms with Gasteiger partial charge in [-0.15, -0.1) is 0 Å². The Morgan fingerprint density at radius 1 is 1.34 bits per heavy atom. The van der Waals surface area contributed by atoms with E-state index in [1.807, 2.05) is 41.1 Å². The molecule has 1 saturated heterocycles. The summed E-state index contributed by atoms with van der Waals surface area (Å²) in [5, 5.41) is 3.83. The van der Waals surface area contributed by atoms with Crippen LogP contribution in [0.15, 0.2) is 35.4 Å². The van der Waals surface area contributed by atoms with Crippen LogP contribution >= 0.6 is 24.0 Å². The molecule has 2 amide bonds. The first kappa shape index (κ1) is 21.5. The summed E-state index contributed by atoms with van der Waals surface area (Å²) in [7, 11) is 1.60. The van der Waals surface area contributed by atoms with Gasteiger partial charge in [-0.1, -0.05) is 56.0 Å². The highest BCUT2D eigenvalue weighted by atomic mass is 32.2. The summed E-state index contributed by atoms with van der Waals surface area (Å²) in [4.78, 5) is 27.3. The van der Waals surface area contributed by atoms with Gasteiger partial charge in [-0.2, -0.15) is 0 Å². The van der Waals surface area contributed by atoms with Crippen LogP contribution in [0.3, 0.4) is 0 Å². The topological polar surface area (TPSA) is 63.6 Å². The zero-order valence-corrected chi connectivity index (χ0v) is 18.4. The second-order valence-electron chi connectivity index (χ2n) is 7.26. The fraction of sp³-hybridized carbons (Fsp3) is 0.381. The van der Waals surface area contributed by atoms with Gasteiger partial charge in [0.1, 0.15) is 10.9 Å². The monoisotopic (exact) mass is 431 g/mol. The van der Waals surface area contributed by atoms with Crippen molar-refractivity contribution in [3.63, 3.8) is 0 Å². The molecule has 2 aromatic rings.